The van der Waals surface area contributed by atoms with E-state index in [2.05, 4.69) is 10.3 Å². The highest BCUT2D eigenvalue weighted by atomic mass is 32.1. The Morgan fingerprint density at radius 3 is 2.74 bits per heavy atom. The van der Waals surface area contributed by atoms with Crippen molar-refractivity contribution in [2.75, 3.05) is 19.0 Å². The van der Waals surface area contributed by atoms with E-state index >= 15 is 0 Å². The Morgan fingerprint density at radius 1 is 1.22 bits per heavy atom. The van der Waals surface area contributed by atoms with Crippen LogP contribution in [-0.4, -0.2) is 24.6 Å². The molecule has 1 N–H and O–H groups in total. The van der Waals surface area contributed by atoms with Crippen molar-refractivity contribution in [2.24, 2.45) is 0 Å². The number of benzene rings is 2. The summed E-state index contributed by atoms with van der Waals surface area (Å²) in [5.74, 6) is 0.225. The van der Waals surface area contributed by atoms with Gasteiger partial charge in [0, 0.05) is 0 Å². The number of ether oxygens (including phenoxy) is 2. The van der Waals surface area contributed by atoms with E-state index in [1.807, 2.05) is 0 Å². The van der Waals surface area contributed by atoms with Gasteiger partial charge in [0.15, 0.2) is 23.2 Å². The van der Waals surface area contributed by atoms with Crippen molar-refractivity contribution in [3.63, 3.8) is 0 Å². The maximum atomic E-state index is 13.6. The molecule has 3 aromatic rings. The Labute approximate surface area is 135 Å². The van der Waals surface area contributed by atoms with Crippen molar-refractivity contribution < 1.29 is 18.7 Å². The van der Waals surface area contributed by atoms with Gasteiger partial charge in [0.1, 0.15) is 11.3 Å². The average Bonchev–Trinajstić information content (AvgIpc) is 2.97. The van der Waals surface area contributed by atoms with Gasteiger partial charge in [-0.25, -0.2) is 9.37 Å². The minimum Gasteiger partial charge on any atom is -0.493 e. The quantitative estimate of drug-likeness (QED) is 0.777. The zero-order valence-electron chi connectivity index (χ0n) is 12.2. The third-order valence-electron chi connectivity index (χ3n) is 3.04. The molecule has 118 valence electrons. The summed E-state index contributed by atoms with van der Waals surface area (Å²) in [5, 5.41) is 2.93. The van der Waals surface area contributed by atoms with Gasteiger partial charge in [-0.15, -0.1) is 0 Å². The Bertz CT molecular complexity index is 850. The fourth-order valence-electron chi connectivity index (χ4n) is 2.01. The number of fused-ring (bicyclic) bond motifs is 1. The molecule has 0 radical (unpaired) electrons. The summed E-state index contributed by atoms with van der Waals surface area (Å²) in [6.45, 7) is -0.196. The molecule has 23 heavy (non-hydrogen) atoms. The fraction of sp³-hybridized carbons (Fsp3) is 0.125. The second-order valence-corrected chi connectivity index (χ2v) is 5.62. The highest BCUT2D eigenvalue weighted by Crippen LogP contribution is 2.28. The van der Waals surface area contributed by atoms with Crippen molar-refractivity contribution >= 4 is 32.6 Å². The maximum Gasteiger partial charge on any atom is 0.264 e. The summed E-state index contributed by atoms with van der Waals surface area (Å²) in [6.07, 6.45) is 0. The third-order valence-corrected chi connectivity index (χ3v) is 3.98. The molecule has 2 aromatic carbocycles. The number of aromatic nitrogens is 1. The SMILES string of the molecule is COc1ccccc1OCC(=O)Nc1nc2c(F)cccc2s1. The van der Waals surface area contributed by atoms with Crippen molar-refractivity contribution in [2.45, 2.75) is 0 Å². The first-order valence-corrected chi connectivity index (χ1v) is 7.60. The van der Waals surface area contributed by atoms with Crippen LogP contribution in [0.4, 0.5) is 9.52 Å². The molecule has 3 rings (SSSR count). The van der Waals surface area contributed by atoms with Gasteiger partial charge in [0.25, 0.3) is 5.91 Å². The molecule has 0 spiro atoms. The zero-order valence-corrected chi connectivity index (χ0v) is 13.0. The van der Waals surface area contributed by atoms with E-state index in [4.69, 9.17) is 9.47 Å². The first-order valence-electron chi connectivity index (χ1n) is 6.78. The second-order valence-electron chi connectivity index (χ2n) is 4.59. The molecule has 1 aromatic heterocycles. The molecule has 0 atom stereocenters. The predicted molar refractivity (Wildman–Crippen MR) is 86.7 cm³/mol. The highest BCUT2D eigenvalue weighted by molar-refractivity contribution is 7.22. The Hall–Kier alpha value is -2.67. The van der Waals surface area contributed by atoms with Gasteiger partial charge in [0.05, 0.1) is 11.8 Å². The van der Waals surface area contributed by atoms with Crippen LogP contribution in [0.15, 0.2) is 42.5 Å². The summed E-state index contributed by atoms with van der Waals surface area (Å²) in [4.78, 5) is 16.0. The van der Waals surface area contributed by atoms with E-state index in [9.17, 15) is 9.18 Å². The van der Waals surface area contributed by atoms with E-state index in [1.165, 1.54) is 24.5 Å². The second kappa shape index (κ2) is 6.62. The number of amides is 1. The average molecular weight is 332 g/mol. The number of methoxy groups -OCH3 is 1. The van der Waals surface area contributed by atoms with Crippen LogP contribution in [0.5, 0.6) is 11.5 Å². The lowest BCUT2D eigenvalue weighted by Gasteiger charge is -2.09. The van der Waals surface area contributed by atoms with Crippen LogP contribution in [0.2, 0.25) is 0 Å². The van der Waals surface area contributed by atoms with Crippen LogP contribution in [-0.2, 0) is 4.79 Å². The lowest BCUT2D eigenvalue weighted by atomic mass is 10.3. The Kier molecular flexibility index (Phi) is 4.38. The summed E-state index contributed by atoms with van der Waals surface area (Å²) in [5.41, 5.74) is 0.249. The molecule has 1 amide bonds. The molecule has 0 aliphatic carbocycles. The van der Waals surface area contributed by atoms with Crippen molar-refractivity contribution in [3.05, 3.63) is 48.3 Å². The van der Waals surface area contributed by atoms with Crippen molar-refractivity contribution in [1.29, 1.82) is 0 Å². The van der Waals surface area contributed by atoms with Crippen molar-refractivity contribution in [1.82, 2.24) is 4.98 Å². The van der Waals surface area contributed by atoms with E-state index in [0.717, 1.165) is 0 Å². The summed E-state index contributed by atoms with van der Waals surface area (Å²) < 4.78 is 24.8. The van der Waals surface area contributed by atoms with E-state index in [1.54, 1.807) is 36.4 Å². The van der Waals surface area contributed by atoms with Crippen LogP contribution in [0, 0.1) is 5.82 Å². The molecular formula is C16H13FN2O3S. The summed E-state index contributed by atoms with van der Waals surface area (Å²) in [6, 6.07) is 11.7. The van der Waals surface area contributed by atoms with Gasteiger partial charge in [-0.05, 0) is 24.3 Å². The van der Waals surface area contributed by atoms with Gasteiger partial charge in [-0.3, -0.25) is 10.1 Å². The van der Waals surface area contributed by atoms with Crippen LogP contribution in [0.3, 0.4) is 0 Å². The minimum absolute atomic E-state index is 0.196. The molecule has 0 aliphatic rings. The topological polar surface area (TPSA) is 60.5 Å². The molecule has 0 saturated carbocycles. The largest absolute Gasteiger partial charge is 0.493 e. The Morgan fingerprint density at radius 2 is 2.00 bits per heavy atom. The summed E-state index contributed by atoms with van der Waals surface area (Å²) >= 11 is 1.21. The van der Waals surface area contributed by atoms with Crippen LogP contribution in [0.25, 0.3) is 10.2 Å². The third kappa shape index (κ3) is 3.40. The molecule has 1 heterocycles. The number of carbonyl (C=O) groups is 1. The summed E-state index contributed by atoms with van der Waals surface area (Å²) in [7, 11) is 1.53. The molecule has 0 aliphatic heterocycles. The standard InChI is InChI=1S/C16H13FN2O3S/c1-21-11-6-2-3-7-12(11)22-9-14(20)18-16-19-15-10(17)5-4-8-13(15)23-16/h2-8H,9H2,1H3,(H,18,19,20). The highest BCUT2D eigenvalue weighted by Gasteiger charge is 2.12. The van der Waals surface area contributed by atoms with Gasteiger partial charge < -0.3 is 9.47 Å². The molecule has 0 saturated heterocycles. The van der Waals surface area contributed by atoms with E-state index < -0.39 is 5.82 Å². The number of nitrogens with one attached hydrogen (secondary N) is 1. The van der Waals surface area contributed by atoms with Gasteiger partial charge in [-0.1, -0.05) is 29.5 Å². The molecule has 7 heteroatoms. The van der Waals surface area contributed by atoms with E-state index in [0.29, 0.717) is 21.3 Å². The molecule has 0 unspecified atom stereocenters. The monoisotopic (exact) mass is 332 g/mol. The number of carbonyl (C=O) groups excluding carboxylic acids is 1. The van der Waals surface area contributed by atoms with Gasteiger partial charge in [-0.2, -0.15) is 0 Å². The number of para-hydroxylation sites is 3. The number of hydrogen-bond donors (Lipinski definition) is 1. The van der Waals surface area contributed by atoms with Gasteiger partial charge >= 0.3 is 0 Å². The van der Waals surface area contributed by atoms with Crippen LogP contribution in [0.1, 0.15) is 0 Å². The van der Waals surface area contributed by atoms with E-state index in [-0.39, 0.29) is 18.0 Å². The van der Waals surface area contributed by atoms with Crippen LogP contribution < -0.4 is 14.8 Å². The number of thiazole rings is 1. The predicted octanol–water partition coefficient (Wildman–Crippen LogP) is 3.46. The lowest BCUT2D eigenvalue weighted by Crippen LogP contribution is -2.20. The maximum absolute atomic E-state index is 13.6. The van der Waals surface area contributed by atoms with Gasteiger partial charge in [0.2, 0.25) is 0 Å². The minimum atomic E-state index is -0.412. The lowest BCUT2D eigenvalue weighted by molar-refractivity contribution is -0.118. The number of hydrogen-bond acceptors (Lipinski definition) is 5. The van der Waals surface area contributed by atoms with Crippen LogP contribution >= 0.6 is 11.3 Å². The first-order chi connectivity index (χ1) is 11.2. The molecule has 0 fully saturated rings. The first kappa shape index (κ1) is 15.2. The number of nitrogens with zero attached hydrogens (tertiary/aromatic N) is 1. The number of anilines is 1. The normalized spacial score (nSPS) is 10.5. The number of halogens is 1. The zero-order chi connectivity index (χ0) is 16.2. The Balaban J connectivity index is 1.65. The molecular weight excluding hydrogens is 319 g/mol. The smallest absolute Gasteiger partial charge is 0.264 e. The fourth-order valence-corrected chi connectivity index (χ4v) is 2.90. The number of rotatable bonds is 5. The molecule has 0 bridgehead atoms. The molecule has 5 nitrogen and oxygen atoms in total. The van der Waals surface area contributed by atoms with Crippen molar-refractivity contribution in [3.8, 4) is 11.5 Å².